The summed E-state index contributed by atoms with van der Waals surface area (Å²) in [5.41, 5.74) is 1.43. The van der Waals surface area contributed by atoms with Crippen LogP contribution in [0.3, 0.4) is 0 Å². The number of para-hydroxylation sites is 1. The van der Waals surface area contributed by atoms with Crippen LogP contribution in [0.2, 0.25) is 0 Å². The van der Waals surface area contributed by atoms with Gasteiger partial charge in [0.15, 0.2) is 0 Å². The Labute approximate surface area is 128 Å². The fourth-order valence-electron chi connectivity index (χ4n) is 2.80. The maximum absolute atomic E-state index is 12.1. The van der Waals surface area contributed by atoms with Crippen LogP contribution >= 0.6 is 11.8 Å². The summed E-state index contributed by atoms with van der Waals surface area (Å²) in [5.74, 6) is 1.65. The van der Waals surface area contributed by atoms with Crippen molar-refractivity contribution in [2.24, 2.45) is 7.05 Å². The topological polar surface area (TPSA) is 54.3 Å². The number of thioether (sulfide) groups is 1. The van der Waals surface area contributed by atoms with Crippen molar-refractivity contribution in [2.75, 3.05) is 18.1 Å². The Morgan fingerprint density at radius 1 is 1.48 bits per heavy atom. The van der Waals surface area contributed by atoms with E-state index in [-0.39, 0.29) is 5.91 Å². The van der Waals surface area contributed by atoms with Gasteiger partial charge in [-0.05, 0) is 23.8 Å². The summed E-state index contributed by atoms with van der Waals surface area (Å²) in [7, 11) is 1.99. The monoisotopic (exact) mass is 304 g/mol. The maximum Gasteiger partial charge on any atom is 0.224 e. The lowest BCUT2D eigenvalue weighted by atomic mass is 10.0. The van der Waals surface area contributed by atoms with Crippen molar-refractivity contribution in [1.29, 1.82) is 0 Å². The van der Waals surface area contributed by atoms with Gasteiger partial charge in [-0.3, -0.25) is 4.79 Å². The third-order valence-electron chi connectivity index (χ3n) is 4.03. The Bertz CT molecular complexity index is 659. The molecular weight excluding hydrogens is 284 g/mol. The number of amides is 1. The molecule has 1 unspecified atom stereocenters. The van der Waals surface area contributed by atoms with Crippen molar-refractivity contribution >= 4 is 28.6 Å². The fraction of sp³-hybridized carbons (Fsp3) is 0.438. The maximum atomic E-state index is 12.1. The molecule has 1 fully saturated rings. The van der Waals surface area contributed by atoms with Gasteiger partial charge < -0.3 is 15.0 Å². The van der Waals surface area contributed by atoms with Crippen molar-refractivity contribution in [1.82, 2.24) is 9.88 Å². The minimum atomic E-state index is -0.723. The molecule has 0 radical (unpaired) electrons. The predicted molar refractivity (Wildman–Crippen MR) is 86.5 cm³/mol. The molecule has 1 atom stereocenters. The van der Waals surface area contributed by atoms with Crippen molar-refractivity contribution < 1.29 is 9.90 Å². The van der Waals surface area contributed by atoms with E-state index < -0.39 is 5.60 Å². The second-order valence-electron chi connectivity index (χ2n) is 5.76. The molecule has 4 nitrogen and oxygen atoms in total. The summed E-state index contributed by atoms with van der Waals surface area (Å²) in [5, 5.41) is 14.2. The molecule has 2 N–H and O–H groups in total. The number of carbonyl (C=O) groups excluding carboxylic acids is 1. The van der Waals surface area contributed by atoms with Crippen molar-refractivity contribution in [3.05, 3.63) is 36.0 Å². The summed E-state index contributed by atoms with van der Waals surface area (Å²) in [6.45, 7) is 0.351. The number of rotatable bonds is 4. The van der Waals surface area contributed by atoms with Crippen LogP contribution in [0.5, 0.6) is 0 Å². The SMILES string of the molecule is Cn1cc(CC(=O)NCC2(O)CCSC2)c2ccccc21. The number of benzene rings is 1. The summed E-state index contributed by atoms with van der Waals surface area (Å²) in [6, 6.07) is 8.08. The molecule has 1 aromatic heterocycles. The highest BCUT2D eigenvalue weighted by atomic mass is 32.2. The van der Waals surface area contributed by atoms with Gasteiger partial charge in [-0.25, -0.2) is 0 Å². The van der Waals surface area contributed by atoms with Gasteiger partial charge >= 0.3 is 0 Å². The van der Waals surface area contributed by atoms with E-state index in [9.17, 15) is 9.90 Å². The molecule has 1 aromatic carbocycles. The van der Waals surface area contributed by atoms with E-state index in [4.69, 9.17) is 0 Å². The van der Waals surface area contributed by atoms with Crippen LogP contribution in [0.25, 0.3) is 10.9 Å². The standard InChI is InChI=1S/C16H20N2O2S/c1-18-9-12(13-4-2-3-5-14(13)18)8-15(19)17-10-16(20)6-7-21-11-16/h2-5,9,20H,6-8,10-11H2,1H3,(H,17,19). The molecule has 1 amide bonds. The lowest BCUT2D eigenvalue weighted by Crippen LogP contribution is -2.43. The number of aromatic nitrogens is 1. The van der Waals surface area contributed by atoms with Gasteiger partial charge in [0.2, 0.25) is 5.91 Å². The third-order valence-corrected chi connectivity index (χ3v) is 5.26. The molecule has 112 valence electrons. The van der Waals surface area contributed by atoms with Crippen LogP contribution in [0.1, 0.15) is 12.0 Å². The van der Waals surface area contributed by atoms with Crippen LogP contribution < -0.4 is 5.32 Å². The quantitative estimate of drug-likeness (QED) is 0.904. The molecular formula is C16H20N2O2S. The molecule has 2 aromatic rings. The van der Waals surface area contributed by atoms with Gasteiger partial charge in [-0.2, -0.15) is 11.8 Å². The highest BCUT2D eigenvalue weighted by molar-refractivity contribution is 7.99. The first-order valence-corrected chi connectivity index (χ1v) is 8.33. The van der Waals surface area contributed by atoms with E-state index >= 15 is 0 Å². The highest BCUT2D eigenvalue weighted by Crippen LogP contribution is 2.27. The minimum Gasteiger partial charge on any atom is -0.387 e. The van der Waals surface area contributed by atoms with E-state index in [1.807, 2.05) is 36.0 Å². The summed E-state index contributed by atoms with van der Waals surface area (Å²) in [4.78, 5) is 12.1. The summed E-state index contributed by atoms with van der Waals surface area (Å²) < 4.78 is 2.04. The highest BCUT2D eigenvalue weighted by Gasteiger charge is 2.31. The Morgan fingerprint density at radius 3 is 3.05 bits per heavy atom. The van der Waals surface area contributed by atoms with Crippen LogP contribution in [-0.4, -0.2) is 39.2 Å². The van der Waals surface area contributed by atoms with Gasteiger partial charge in [0.1, 0.15) is 0 Å². The molecule has 0 bridgehead atoms. The number of hydrogen-bond acceptors (Lipinski definition) is 3. The Kier molecular flexibility index (Phi) is 3.95. The predicted octanol–water partition coefficient (Wildman–Crippen LogP) is 1.70. The average molecular weight is 304 g/mol. The smallest absolute Gasteiger partial charge is 0.224 e. The van der Waals surface area contributed by atoms with Crippen molar-refractivity contribution in [3.8, 4) is 0 Å². The van der Waals surface area contributed by atoms with Gasteiger partial charge in [0.25, 0.3) is 0 Å². The van der Waals surface area contributed by atoms with E-state index in [0.29, 0.717) is 18.7 Å². The zero-order valence-corrected chi connectivity index (χ0v) is 12.9. The number of aliphatic hydroxyl groups is 1. The molecule has 0 spiro atoms. The molecule has 1 aliphatic heterocycles. The van der Waals surface area contributed by atoms with Crippen LogP contribution in [0.4, 0.5) is 0 Å². The molecule has 1 aliphatic rings. The zero-order valence-electron chi connectivity index (χ0n) is 12.1. The zero-order chi connectivity index (χ0) is 14.9. The van der Waals surface area contributed by atoms with Crippen molar-refractivity contribution in [2.45, 2.75) is 18.4 Å². The number of hydrogen-bond donors (Lipinski definition) is 2. The van der Waals surface area contributed by atoms with Gasteiger partial charge in [-0.1, -0.05) is 18.2 Å². The van der Waals surface area contributed by atoms with E-state index in [0.717, 1.165) is 28.6 Å². The Balaban J connectivity index is 1.66. The molecule has 0 saturated carbocycles. The molecule has 3 rings (SSSR count). The first-order valence-electron chi connectivity index (χ1n) is 7.17. The molecule has 0 aliphatic carbocycles. The number of fused-ring (bicyclic) bond motifs is 1. The van der Waals surface area contributed by atoms with Crippen LogP contribution in [0, 0.1) is 0 Å². The Morgan fingerprint density at radius 2 is 2.29 bits per heavy atom. The lowest BCUT2D eigenvalue weighted by Gasteiger charge is -2.21. The fourth-order valence-corrected chi connectivity index (χ4v) is 4.10. The minimum absolute atomic E-state index is 0.0309. The second kappa shape index (κ2) is 5.73. The number of aryl methyl sites for hydroxylation is 1. The first-order chi connectivity index (χ1) is 10.1. The van der Waals surface area contributed by atoms with Crippen molar-refractivity contribution in [3.63, 3.8) is 0 Å². The Hall–Kier alpha value is -1.46. The van der Waals surface area contributed by atoms with E-state index in [1.165, 1.54) is 0 Å². The molecule has 5 heteroatoms. The summed E-state index contributed by atoms with van der Waals surface area (Å²) in [6.07, 6.45) is 3.11. The third kappa shape index (κ3) is 3.09. The number of nitrogens with zero attached hydrogens (tertiary/aromatic N) is 1. The lowest BCUT2D eigenvalue weighted by molar-refractivity contribution is -0.121. The molecule has 21 heavy (non-hydrogen) atoms. The van der Waals surface area contributed by atoms with Crippen LogP contribution in [-0.2, 0) is 18.3 Å². The van der Waals surface area contributed by atoms with E-state index in [2.05, 4.69) is 11.4 Å². The first kappa shape index (κ1) is 14.5. The van der Waals surface area contributed by atoms with Gasteiger partial charge in [-0.15, -0.1) is 0 Å². The van der Waals surface area contributed by atoms with Crippen LogP contribution in [0.15, 0.2) is 30.5 Å². The number of nitrogens with one attached hydrogen (secondary N) is 1. The average Bonchev–Trinajstić information content (AvgIpc) is 3.03. The van der Waals surface area contributed by atoms with E-state index in [1.54, 1.807) is 11.8 Å². The normalized spacial score (nSPS) is 21.8. The molecule has 2 heterocycles. The summed E-state index contributed by atoms with van der Waals surface area (Å²) >= 11 is 1.74. The van der Waals surface area contributed by atoms with Gasteiger partial charge in [0.05, 0.1) is 12.0 Å². The second-order valence-corrected chi connectivity index (χ2v) is 6.87. The van der Waals surface area contributed by atoms with Gasteiger partial charge in [0, 0.05) is 36.4 Å². The largest absolute Gasteiger partial charge is 0.387 e. The molecule has 1 saturated heterocycles. The number of carbonyl (C=O) groups is 1.